The van der Waals surface area contributed by atoms with Gasteiger partial charge in [-0.1, -0.05) is 18.1 Å². The van der Waals surface area contributed by atoms with Gasteiger partial charge in [-0.05, 0) is 46.6 Å². The summed E-state index contributed by atoms with van der Waals surface area (Å²) >= 11 is 0. The number of nitrogens with one attached hydrogen (secondary N) is 1. The Morgan fingerprint density at radius 3 is 2.36 bits per heavy atom. The first kappa shape index (κ1) is 20.6. The summed E-state index contributed by atoms with van der Waals surface area (Å²) in [5.41, 5.74) is -2.04. The highest BCUT2D eigenvalue weighted by Gasteiger charge is 2.43. The van der Waals surface area contributed by atoms with Crippen LogP contribution in [0.15, 0.2) is 18.2 Å². The van der Waals surface area contributed by atoms with Crippen LogP contribution in [-0.4, -0.2) is 17.5 Å². The second-order valence-corrected chi connectivity index (χ2v) is 6.36. The van der Waals surface area contributed by atoms with Crippen LogP contribution < -0.4 is 5.32 Å². The van der Waals surface area contributed by atoms with E-state index in [-0.39, 0.29) is 5.56 Å². The summed E-state index contributed by atoms with van der Waals surface area (Å²) in [6.45, 7) is 7.60. The largest absolute Gasteiger partial charge is 0.444 e. The molecule has 0 aliphatic carbocycles. The Labute approximate surface area is 144 Å². The maximum atomic E-state index is 14.5. The Kier molecular flexibility index (Phi) is 6.25. The molecule has 0 unspecified atom stereocenters. The minimum absolute atomic E-state index is 0.194. The van der Waals surface area contributed by atoms with Crippen LogP contribution in [0.4, 0.5) is 18.0 Å². The second-order valence-electron chi connectivity index (χ2n) is 6.36. The van der Waals surface area contributed by atoms with E-state index in [0.29, 0.717) is 0 Å². The van der Waals surface area contributed by atoms with Crippen molar-refractivity contribution < 1.29 is 27.5 Å². The van der Waals surface area contributed by atoms with Crippen LogP contribution in [0.5, 0.6) is 0 Å². The van der Waals surface area contributed by atoms with Gasteiger partial charge in [0, 0.05) is 5.56 Å². The molecule has 1 amide bonds. The molecule has 4 nitrogen and oxygen atoms in total. The highest BCUT2D eigenvalue weighted by Crippen LogP contribution is 2.33. The summed E-state index contributed by atoms with van der Waals surface area (Å²) in [4.78, 5) is 23.2. The van der Waals surface area contributed by atoms with Crippen molar-refractivity contribution in [2.75, 3.05) is 0 Å². The van der Waals surface area contributed by atoms with Crippen molar-refractivity contribution in [1.82, 2.24) is 5.32 Å². The van der Waals surface area contributed by atoms with Gasteiger partial charge in [-0.2, -0.15) is 8.78 Å². The SMILES string of the molecule is CC#CC(=O)C(F)(F)c1cccc([C@@H](C)NC(=O)OC(C)(C)C)c1F. The number of halogens is 3. The topological polar surface area (TPSA) is 55.4 Å². The predicted octanol–water partition coefficient (Wildman–Crippen LogP) is 4.10. The number of alkyl carbamates (subject to hydrolysis) is 1. The van der Waals surface area contributed by atoms with Gasteiger partial charge in [-0.25, -0.2) is 9.18 Å². The molecule has 25 heavy (non-hydrogen) atoms. The molecular formula is C18H20F3NO3. The normalized spacial score (nSPS) is 12.6. The number of ether oxygens (including phenoxy) is 1. The summed E-state index contributed by atoms with van der Waals surface area (Å²) in [7, 11) is 0. The van der Waals surface area contributed by atoms with Gasteiger partial charge in [0.15, 0.2) is 0 Å². The van der Waals surface area contributed by atoms with Gasteiger partial charge < -0.3 is 10.1 Å². The van der Waals surface area contributed by atoms with E-state index in [2.05, 4.69) is 11.2 Å². The van der Waals surface area contributed by atoms with E-state index in [9.17, 15) is 22.8 Å². The van der Waals surface area contributed by atoms with E-state index in [0.717, 1.165) is 6.07 Å². The fourth-order valence-electron chi connectivity index (χ4n) is 2.00. The first-order valence-corrected chi connectivity index (χ1v) is 7.53. The zero-order chi connectivity index (χ0) is 19.4. The fourth-order valence-corrected chi connectivity index (χ4v) is 2.00. The molecule has 1 N–H and O–H groups in total. The lowest BCUT2D eigenvalue weighted by Crippen LogP contribution is -2.34. The first-order valence-electron chi connectivity index (χ1n) is 7.53. The number of alkyl halides is 2. The van der Waals surface area contributed by atoms with Gasteiger partial charge in [-0.3, -0.25) is 4.79 Å². The van der Waals surface area contributed by atoms with Gasteiger partial charge in [0.1, 0.15) is 11.4 Å². The van der Waals surface area contributed by atoms with Crippen LogP contribution >= 0.6 is 0 Å². The number of hydrogen-bond donors (Lipinski definition) is 1. The zero-order valence-electron chi connectivity index (χ0n) is 14.7. The zero-order valence-corrected chi connectivity index (χ0v) is 14.7. The number of Topliss-reactive ketones (excluding diaryl/α,β-unsaturated/α-hetero) is 1. The monoisotopic (exact) mass is 355 g/mol. The average Bonchev–Trinajstić information content (AvgIpc) is 2.45. The summed E-state index contributed by atoms with van der Waals surface area (Å²) in [5, 5.41) is 2.37. The van der Waals surface area contributed by atoms with Crippen molar-refractivity contribution in [2.24, 2.45) is 0 Å². The molecular weight excluding hydrogens is 335 g/mol. The number of rotatable bonds is 4. The third-order valence-corrected chi connectivity index (χ3v) is 3.09. The number of amides is 1. The Hall–Kier alpha value is -2.49. The van der Waals surface area contributed by atoms with Crippen molar-refractivity contribution in [3.8, 4) is 11.8 Å². The van der Waals surface area contributed by atoms with Crippen LogP contribution in [0.25, 0.3) is 0 Å². The lowest BCUT2D eigenvalue weighted by atomic mass is 9.98. The van der Waals surface area contributed by atoms with E-state index in [4.69, 9.17) is 4.74 Å². The lowest BCUT2D eigenvalue weighted by Gasteiger charge is -2.23. The van der Waals surface area contributed by atoms with Crippen LogP contribution in [-0.2, 0) is 15.5 Å². The standard InChI is InChI=1S/C18H20F3NO3/c1-6-8-14(23)18(20,21)13-10-7-9-12(15(13)19)11(2)22-16(24)25-17(3,4)5/h7,9-11H,1-5H3,(H,22,24)/t11-/m1/s1. The second kappa shape index (κ2) is 7.60. The first-order chi connectivity index (χ1) is 11.4. The smallest absolute Gasteiger partial charge is 0.408 e. The van der Waals surface area contributed by atoms with Crippen LogP contribution in [0.2, 0.25) is 0 Å². The molecule has 7 heteroatoms. The number of hydrogen-bond acceptors (Lipinski definition) is 3. The quantitative estimate of drug-likeness (QED) is 0.654. The molecule has 0 bridgehead atoms. The number of carbonyl (C=O) groups is 2. The van der Waals surface area contributed by atoms with Gasteiger partial charge in [0.25, 0.3) is 5.78 Å². The Morgan fingerprint density at radius 1 is 1.24 bits per heavy atom. The maximum Gasteiger partial charge on any atom is 0.408 e. The molecule has 0 saturated carbocycles. The number of carbonyl (C=O) groups excluding carboxylic acids is 2. The van der Waals surface area contributed by atoms with Crippen LogP contribution in [0, 0.1) is 17.7 Å². The van der Waals surface area contributed by atoms with Crippen LogP contribution in [0.1, 0.15) is 51.8 Å². The van der Waals surface area contributed by atoms with Gasteiger partial charge in [0.05, 0.1) is 11.6 Å². The molecule has 0 aliphatic rings. The molecule has 0 radical (unpaired) electrons. The highest BCUT2D eigenvalue weighted by atomic mass is 19.3. The van der Waals surface area contributed by atoms with Crippen molar-refractivity contribution >= 4 is 11.9 Å². The molecule has 136 valence electrons. The van der Waals surface area contributed by atoms with E-state index in [1.807, 2.05) is 0 Å². The predicted molar refractivity (Wildman–Crippen MR) is 86.5 cm³/mol. The minimum Gasteiger partial charge on any atom is -0.444 e. The summed E-state index contributed by atoms with van der Waals surface area (Å²) in [5.74, 6) is -3.26. The van der Waals surface area contributed by atoms with Gasteiger partial charge in [-0.15, -0.1) is 0 Å². The molecule has 0 fully saturated rings. The Bertz CT molecular complexity index is 727. The molecule has 1 aromatic rings. The van der Waals surface area contributed by atoms with Crippen molar-refractivity contribution in [3.63, 3.8) is 0 Å². The summed E-state index contributed by atoms with van der Waals surface area (Å²) < 4.78 is 47.8. The Balaban J connectivity index is 3.13. The summed E-state index contributed by atoms with van der Waals surface area (Å²) in [6, 6.07) is 2.29. The van der Waals surface area contributed by atoms with E-state index in [1.165, 1.54) is 26.0 Å². The third kappa shape index (κ3) is 5.24. The van der Waals surface area contributed by atoms with Gasteiger partial charge >= 0.3 is 12.0 Å². The number of benzene rings is 1. The van der Waals surface area contributed by atoms with Crippen LogP contribution in [0.3, 0.4) is 0 Å². The molecule has 0 heterocycles. The molecule has 1 rings (SSSR count). The van der Waals surface area contributed by atoms with Crippen molar-refractivity contribution in [1.29, 1.82) is 0 Å². The van der Waals surface area contributed by atoms with E-state index < -0.39 is 40.8 Å². The molecule has 1 aromatic carbocycles. The van der Waals surface area contributed by atoms with Crippen molar-refractivity contribution in [2.45, 2.75) is 52.2 Å². The average molecular weight is 355 g/mol. The molecule has 0 saturated heterocycles. The maximum absolute atomic E-state index is 14.5. The van der Waals surface area contributed by atoms with E-state index >= 15 is 0 Å². The molecule has 0 aliphatic heterocycles. The van der Waals surface area contributed by atoms with Gasteiger partial charge in [0.2, 0.25) is 0 Å². The van der Waals surface area contributed by atoms with E-state index in [1.54, 1.807) is 26.7 Å². The highest BCUT2D eigenvalue weighted by molar-refractivity contribution is 6.01. The van der Waals surface area contributed by atoms with Crippen molar-refractivity contribution in [3.05, 3.63) is 35.1 Å². The molecule has 0 aromatic heterocycles. The third-order valence-electron chi connectivity index (χ3n) is 3.09. The minimum atomic E-state index is -4.09. The lowest BCUT2D eigenvalue weighted by molar-refractivity contribution is -0.138. The Morgan fingerprint density at radius 2 is 1.84 bits per heavy atom. The summed E-state index contributed by atoms with van der Waals surface area (Å²) in [6.07, 6.45) is -0.815. The molecule has 0 spiro atoms. The number of ketones is 1. The fraction of sp³-hybridized carbons (Fsp3) is 0.444. The molecule has 1 atom stereocenters.